The minimum absolute atomic E-state index is 0.128. The highest BCUT2D eigenvalue weighted by Crippen LogP contribution is 2.19. The molecule has 17 heavy (non-hydrogen) atoms. The summed E-state index contributed by atoms with van der Waals surface area (Å²) in [6, 6.07) is 6.03. The predicted molar refractivity (Wildman–Crippen MR) is 63.4 cm³/mol. The Bertz CT molecular complexity index is 334. The Morgan fingerprint density at radius 3 is 2.65 bits per heavy atom. The van der Waals surface area contributed by atoms with Gasteiger partial charge < -0.3 is 15.2 Å². The first-order chi connectivity index (χ1) is 8.28. The lowest BCUT2D eigenvalue weighted by atomic mass is 9.99. The van der Waals surface area contributed by atoms with Crippen molar-refractivity contribution in [2.24, 2.45) is 11.7 Å². The molecular formula is C13H18FNO2. The second-order valence-corrected chi connectivity index (χ2v) is 4.40. The van der Waals surface area contributed by atoms with E-state index in [4.69, 9.17) is 15.2 Å². The van der Waals surface area contributed by atoms with E-state index >= 15 is 0 Å². The molecule has 2 atom stereocenters. The van der Waals surface area contributed by atoms with Crippen LogP contribution in [0.4, 0.5) is 4.39 Å². The Morgan fingerprint density at radius 1 is 1.29 bits per heavy atom. The molecule has 1 aliphatic heterocycles. The Balaban J connectivity index is 1.74. The smallest absolute Gasteiger partial charge is 0.123 e. The number of hydrogen-bond donors (Lipinski definition) is 1. The molecule has 94 valence electrons. The van der Waals surface area contributed by atoms with Crippen molar-refractivity contribution in [1.29, 1.82) is 0 Å². The molecule has 0 saturated carbocycles. The number of hydrogen-bond acceptors (Lipinski definition) is 3. The highest BCUT2D eigenvalue weighted by atomic mass is 19.1. The lowest BCUT2D eigenvalue weighted by Crippen LogP contribution is -2.33. The summed E-state index contributed by atoms with van der Waals surface area (Å²) < 4.78 is 23.9. The van der Waals surface area contributed by atoms with Crippen LogP contribution in [0.2, 0.25) is 0 Å². The summed E-state index contributed by atoms with van der Waals surface area (Å²) in [5, 5.41) is 0. The zero-order valence-corrected chi connectivity index (χ0v) is 9.77. The lowest BCUT2D eigenvalue weighted by molar-refractivity contribution is -0.0353. The molecule has 4 heteroatoms. The second kappa shape index (κ2) is 5.98. The molecule has 1 aromatic carbocycles. The molecule has 2 unspecified atom stereocenters. The number of ether oxygens (including phenoxy) is 2. The summed E-state index contributed by atoms with van der Waals surface area (Å²) >= 11 is 0. The molecule has 0 amide bonds. The molecule has 0 spiro atoms. The third-order valence-electron chi connectivity index (χ3n) is 3.05. The third kappa shape index (κ3) is 3.68. The van der Waals surface area contributed by atoms with Crippen LogP contribution in [0.25, 0.3) is 0 Å². The van der Waals surface area contributed by atoms with E-state index in [0.29, 0.717) is 31.4 Å². The molecule has 1 heterocycles. The summed E-state index contributed by atoms with van der Waals surface area (Å²) in [5.41, 5.74) is 5.58. The first-order valence-electron chi connectivity index (χ1n) is 5.98. The van der Waals surface area contributed by atoms with Gasteiger partial charge in [0.15, 0.2) is 0 Å². The van der Waals surface area contributed by atoms with Crippen molar-refractivity contribution in [2.45, 2.75) is 18.9 Å². The fourth-order valence-electron chi connectivity index (χ4n) is 1.90. The normalized spacial score (nSPS) is 24.6. The van der Waals surface area contributed by atoms with Gasteiger partial charge >= 0.3 is 0 Å². The van der Waals surface area contributed by atoms with Gasteiger partial charge in [-0.3, -0.25) is 0 Å². The van der Waals surface area contributed by atoms with E-state index in [1.165, 1.54) is 12.1 Å². The number of halogens is 1. The summed E-state index contributed by atoms with van der Waals surface area (Å²) in [6.07, 6.45) is 2.19. The Kier molecular flexibility index (Phi) is 4.34. The van der Waals surface area contributed by atoms with Gasteiger partial charge in [-0.05, 0) is 49.6 Å². The molecule has 0 radical (unpaired) electrons. The average molecular weight is 239 g/mol. The summed E-state index contributed by atoms with van der Waals surface area (Å²) in [7, 11) is 0. The molecule has 1 aromatic rings. The number of nitrogens with two attached hydrogens (primary N) is 1. The zero-order valence-electron chi connectivity index (χ0n) is 9.77. The van der Waals surface area contributed by atoms with Crippen molar-refractivity contribution >= 4 is 0 Å². The maximum atomic E-state index is 12.7. The van der Waals surface area contributed by atoms with Gasteiger partial charge in [-0.25, -0.2) is 4.39 Å². The van der Waals surface area contributed by atoms with Gasteiger partial charge in [-0.2, -0.15) is 0 Å². The SMILES string of the molecule is NCC1CCC(COc2ccc(F)cc2)OC1. The Labute approximate surface area is 101 Å². The van der Waals surface area contributed by atoms with E-state index < -0.39 is 0 Å². The van der Waals surface area contributed by atoms with Crippen molar-refractivity contribution in [1.82, 2.24) is 0 Å². The molecular weight excluding hydrogens is 221 g/mol. The van der Waals surface area contributed by atoms with Crippen LogP contribution in [-0.4, -0.2) is 25.9 Å². The summed E-state index contributed by atoms with van der Waals surface area (Å²) in [4.78, 5) is 0. The van der Waals surface area contributed by atoms with E-state index in [-0.39, 0.29) is 11.9 Å². The predicted octanol–water partition coefficient (Wildman–Crippen LogP) is 1.96. The van der Waals surface area contributed by atoms with Crippen molar-refractivity contribution in [3.05, 3.63) is 30.1 Å². The molecule has 2 rings (SSSR count). The minimum Gasteiger partial charge on any atom is -0.491 e. The van der Waals surface area contributed by atoms with Crippen molar-refractivity contribution < 1.29 is 13.9 Å². The van der Waals surface area contributed by atoms with Crippen LogP contribution in [0.15, 0.2) is 24.3 Å². The Hall–Kier alpha value is -1.13. The maximum absolute atomic E-state index is 12.7. The zero-order chi connectivity index (χ0) is 12.1. The molecule has 0 aliphatic carbocycles. The molecule has 2 N–H and O–H groups in total. The number of rotatable bonds is 4. The quantitative estimate of drug-likeness (QED) is 0.873. The first-order valence-corrected chi connectivity index (χ1v) is 5.98. The molecule has 3 nitrogen and oxygen atoms in total. The van der Waals surface area contributed by atoms with Crippen LogP contribution >= 0.6 is 0 Å². The molecule has 1 fully saturated rings. The minimum atomic E-state index is -0.253. The van der Waals surface area contributed by atoms with E-state index in [2.05, 4.69) is 0 Å². The Morgan fingerprint density at radius 2 is 2.06 bits per heavy atom. The van der Waals surface area contributed by atoms with Gasteiger partial charge in [0.05, 0.1) is 12.7 Å². The van der Waals surface area contributed by atoms with Gasteiger partial charge in [0, 0.05) is 0 Å². The maximum Gasteiger partial charge on any atom is 0.123 e. The average Bonchev–Trinajstić information content (AvgIpc) is 2.39. The van der Waals surface area contributed by atoms with E-state index in [1.54, 1.807) is 12.1 Å². The largest absolute Gasteiger partial charge is 0.491 e. The van der Waals surface area contributed by atoms with E-state index in [9.17, 15) is 4.39 Å². The standard InChI is InChI=1S/C13H18FNO2/c14-11-2-5-12(6-3-11)17-9-13-4-1-10(7-15)8-16-13/h2-3,5-6,10,13H,1,4,7-9,15H2. The molecule has 0 bridgehead atoms. The van der Waals surface area contributed by atoms with E-state index in [1.807, 2.05) is 0 Å². The summed E-state index contributed by atoms with van der Waals surface area (Å²) in [5.74, 6) is 0.907. The monoisotopic (exact) mass is 239 g/mol. The highest BCUT2D eigenvalue weighted by Gasteiger charge is 2.21. The highest BCUT2D eigenvalue weighted by molar-refractivity contribution is 5.22. The van der Waals surface area contributed by atoms with E-state index in [0.717, 1.165) is 12.8 Å². The molecule has 1 saturated heterocycles. The van der Waals surface area contributed by atoms with Crippen LogP contribution < -0.4 is 10.5 Å². The second-order valence-electron chi connectivity index (χ2n) is 4.40. The van der Waals surface area contributed by atoms with Crippen LogP contribution in [-0.2, 0) is 4.74 Å². The number of benzene rings is 1. The van der Waals surface area contributed by atoms with Crippen LogP contribution in [0.5, 0.6) is 5.75 Å². The van der Waals surface area contributed by atoms with Crippen LogP contribution in [0, 0.1) is 11.7 Å². The molecule has 1 aliphatic rings. The van der Waals surface area contributed by atoms with Gasteiger partial charge in [-0.1, -0.05) is 0 Å². The first kappa shape index (κ1) is 12.3. The molecule has 0 aromatic heterocycles. The third-order valence-corrected chi connectivity index (χ3v) is 3.05. The fourth-order valence-corrected chi connectivity index (χ4v) is 1.90. The topological polar surface area (TPSA) is 44.5 Å². The van der Waals surface area contributed by atoms with Crippen LogP contribution in [0.1, 0.15) is 12.8 Å². The van der Waals surface area contributed by atoms with Crippen molar-refractivity contribution in [3.8, 4) is 5.75 Å². The summed E-state index contributed by atoms with van der Waals surface area (Å²) in [6.45, 7) is 1.92. The van der Waals surface area contributed by atoms with Gasteiger partial charge in [0.1, 0.15) is 18.2 Å². The lowest BCUT2D eigenvalue weighted by Gasteiger charge is -2.28. The van der Waals surface area contributed by atoms with Crippen LogP contribution in [0.3, 0.4) is 0 Å². The van der Waals surface area contributed by atoms with Gasteiger partial charge in [0.2, 0.25) is 0 Å². The van der Waals surface area contributed by atoms with Gasteiger partial charge in [-0.15, -0.1) is 0 Å². The van der Waals surface area contributed by atoms with Crippen molar-refractivity contribution in [2.75, 3.05) is 19.8 Å². The van der Waals surface area contributed by atoms with Crippen molar-refractivity contribution in [3.63, 3.8) is 0 Å². The fraction of sp³-hybridized carbons (Fsp3) is 0.538. The van der Waals surface area contributed by atoms with Gasteiger partial charge in [0.25, 0.3) is 0 Å².